The lowest BCUT2D eigenvalue weighted by Gasteiger charge is -2.40. The van der Waals surface area contributed by atoms with Crippen LogP contribution in [-0.4, -0.2) is 22.4 Å². The number of rotatable bonds is 0. The molecule has 224 valence electrons. The molecule has 4 aliphatic carbocycles. The predicted octanol–water partition coefficient (Wildman–Crippen LogP) is 10.1. The average molecular weight is 565 g/mol. The van der Waals surface area contributed by atoms with Gasteiger partial charge in [-0.1, -0.05) is 114 Å². The van der Waals surface area contributed by atoms with Gasteiger partial charge in [0.25, 0.3) is 0 Å². The van der Waals surface area contributed by atoms with Gasteiger partial charge in [-0.3, -0.25) is 0 Å². The van der Waals surface area contributed by atoms with Crippen molar-refractivity contribution in [3.63, 3.8) is 0 Å². The molecule has 4 aromatic rings. The quantitative estimate of drug-likeness (QED) is 0.223. The van der Waals surface area contributed by atoms with Gasteiger partial charge in [-0.15, -0.1) is 0 Å². The van der Waals surface area contributed by atoms with E-state index in [2.05, 4.69) is 86.6 Å². The minimum Gasteiger partial charge on any atom is -0.393 e. The van der Waals surface area contributed by atoms with Crippen molar-refractivity contribution in [1.82, 2.24) is 0 Å². The third-order valence-corrected chi connectivity index (χ3v) is 11.3. The Morgan fingerprint density at radius 1 is 0.524 bits per heavy atom. The highest BCUT2D eigenvalue weighted by Crippen LogP contribution is 2.57. The number of aliphatic hydroxyl groups is 2. The Hall–Kier alpha value is -2.68. The van der Waals surface area contributed by atoms with Crippen molar-refractivity contribution >= 4 is 21.5 Å². The molecule has 0 amide bonds. The molecule has 8 rings (SSSR count). The maximum absolute atomic E-state index is 10.3. The van der Waals surface area contributed by atoms with E-state index in [4.69, 9.17) is 0 Å². The van der Waals surface area contributed by atoms with Gasteiger partial charge in [0, 0.05) is 10.8 Å². The molecule has 2 saturated carbocycles. The Balaban J connectivity index is 0.000000150. The molecule has 42 heavy (non-hydrogen) atoms. The van der Waals surface area contributed by atoms with Crippen LogP contribution in [0.3, 0.4) is 0 Å². The van der Waals surface area contributed by atoms with Crippen molar-refractivity contribution in [2.45, 2.75) is 117 Å². The Morgan fingerprint density at radius 2 is 0.905 bits per heavy atom. The predicted molar refractivity (Wildman–Crippen MR) is 179 cm³/mol. The summed E-state index contributed by atoms with van der Waals surface area (Å²) >= 11 is 0. The van der Waals surface area contributed by atoms with E-state index in [0.29, 0.717) is 11.8 Å². The highest BCUT2D eigenvalue weighted by Gasteiger charge is 2.50. The van der Waals surface area contributed by atoms with Crippen LogP contribution >= 0.6 is 0 Å². The molecule has 2 nitrogen and oxygen atoms in total. The summed E-state index contributed by atoms with van der Waals surface area (Å²) in [5, 5.41) is 26.2. The van der Waals surface area contributed by atoms with Crippen molar-refractivity contribution in [1.29, 1.82) is 0 Å². The molecule has 0 bridgehead atoms. The molecule has 0 aliphatic heterocycles. The summed E-state index contributed by atoms with van der Waals surface area (Å²) in [5.74, 6) is 1.10. The van der Waals surface area contributed by atoms with Crippen molar-refractivity contribution in [2.75, 3.05) is 0 Å². The molecule has 4 aromatic carbocycles. The second-order valence-corrected chi connectivity index (χ2v) is 13.0. The second-order valence-electron chi connectivity index (χ2n) is 13.0. The van der Waals surface area contributed by atoms with E-state index < -0.39 is 0 Å². The highest BCUT2D eigenvalue weighted by molar-refractivity contribution is 5.88. The molecule has 0 saturated heterocycles. The summed E-state index contributed by atoms with van der Waals surface area (Å²) in [4.78, 5) is 0. The number of hydrogen-bond acceptors (Lipinski definition) is 2. The SMILES string of the molecule is CC.CC.C[C@@]12CCc3c(ccc4ccccc34)[C@H]1CC[C@@H]2O.C[C@@]12CCc3c(ccc4ccccc34)[C@H]1CC[C@H]2O. The van der Waals surface area contributed by atoms with Gasteiger partial charge in [0.15, 0.2) is 0 Å². The van der Waals surface area contributed by atoms with Crippen LogP contribution in [0, 0.1) is 10.8 Å². The van der Waals surface area contributed by atoms with Gasteiger partial charge in [0.05, 0.1) is 12.2 Å². The Morgan fingerprint density at radius 3 is 1.31 bits per heavy atom. The first-order valence-electron chi connectivity index (χ1n) is 16.8. The number of benzene rings is 4. The van der Waals surface area contributed by atoms with E-state index in [1.165, 1.54) is 43.8 Å². The van der Waals surface area contributed by atoms with Crippen molar-refractivity contribution < 1.29 is 10.2 Å². The first kappa shape index (κ1) is 30.8. The lowest BCUT2D eigenvalue weighted by atomic mass is 9.65. The maximum atomic E-state index is 10.3. The second kappa shape index (κ2) is 12.5. The molecule has 2 heteroatoms. The third kappa shape index (κ3) is 4.99. The minimum absolute atomic E-state index is 0.107. The summed E-state index contributed by atoms with van der Waals surface area (Å²) in [7, 11) is 0. The molecule has 0 spiro atoms. The molecule has 0 radical (unpaired) electrons. The van der Waals surface area contributed by atoms with Crippen LogP contribution in [0.4, 0.5) is 0 Å². The van der Waals surface area contributed by atoms with Gasteiger partial charge in [-0.05, 0) is 107 Å². The summed E-state index contributed by atoms with van der Waals surface area (Å²) in [5.41, 5.74) is 6.29. The van der Waals surface area contributed by atoms with E-state index >= 15 is 0 Å². The number of aryl methyl sites for hydroxylation is 2. The van der Waals surface area contributed by atoms with Crippen molar-refractivity contribution in [2.24, 2.45) is 10.8 Å². The van der Waals surface area contributed by atoms with Crippen LogP contribution < -0.4 is 0 Å². The highest BCUT2D eigenvalue weighted by atomic mass is 16.3. The topological polar surface area (TPSA) is 40.5 Å². The number of aliphatic hydroxyl groups excluding tert-OH is 2. The van der Waals surface area contributed by atoms with Gasteiger partial charge in [0.1, 0.15) is 0 Å². The monoisotopic (exact) mass is 564 g/mol. The first-order valence-corrected chi connectivity index (χ1v) is 16.8. The fourth-order valence-electron chi connectivity index (χ4n) is 8.84. The maximum Gasteiger partial charge on any atom is 0.0600 e. The van der Waals surface area contributed by atoms with Crippen LogP contribution in [-0.2, 0) is 12.8 Å². The molecule has 0 aromatic heterocycles. The summed E-state index contributed by atoms with van der Waals surface area (Å²) in [6.07, 6.45) is 8.46. The zero-order valence-electron chi connectivity index (χ0n) is 26.8. The van der Waals surface area contributed by atoms with Gasteiger partial charge in [-0.25, -0.2) is 0 Å². The molecular formula is C40H52O2. The van der Waals surface area contributed by atoms with Gasteiger partial charge < -0.3 is 10.2 Å². The van der Waals surface area contributed by atoms with E-state index in [-0.39, 0.29) is 23.0 Å². The molecule has 2 N–H and O–H groups in total. The average Bonchev–Trinajstić information content (AvgIpc) is 3.53. The fraction of sp³-hybridized carbons (Fsp3) is 0.500. The molecule has 0 heterocycles. The molecule has 4 aliphatic rings. The Bertz CT molecular complexity index is 1410. The standard InChI is InChI=1S/2C18H20O.2C2H6/c2*1-18-11-10-14-13-5-3-2-4-12(13)6-7-15(14)16(18)8-9-17(18)19;2*1-2/h2*2-7,16-17,19H,8-11H2,1H3;2*1-2H3/t16-,17+,18-;16-,17-,18-;;/m11../s1. The van der Waals surface area contributed by atoms with E-state index in [1.807, 2.05) is 27.7 Å². The zero-order valence-corrected chi connectivity index (χ0v) is 26.8. The molecule has 6 atom stereocenters. The van der Waals surface area contributed by atoms with Crippen molar-refractivity contribution in [3.8, 4) is 0 Å². The Kier molecular flexibility index (Phi) is 9.16. The largest absolute Gasteiger partial charge is 0.393 e. The van der Waals surface area contributed by atoms with Crippen LogP contribution in [0.25, 0.3) is 21.5 Å². The normalized spacial score (nSPS) is 30.3. The van der Waals surface area contributed by atoms with Crippen LogP contribution in [0.2, 0.25) is 0 Å². The number of hydrogen-bond donors (Lipinski definition) is 2. The lowest BCUT2D eigenvalue weighted by molar-refractivity contribution is 0.0458. The van der Waals surface area contributed by atoms with E-state index in [1.54, 1.807) is 0 Å². The van der Waals surface area contributed by atoms with Crippen LogP contribution in [0.15, 0.2) is 72.8 Å². The summed E-state index contributed by atoms with van der Waals surface area (Å²) in [6.45, 7) is 12.6. The van der Waals surface area contributed by atoms with Crippen LogP contribution in [0.5, 0.6) is 0 Å². The Labute approximate surface area is 254 Å². The van der Waals surface area contributed by atoms with Gasteiger partial charge >= 0.3 is 0 Å². The molecular weight excluding hydrogens is 512 g/mol. The number of fused-ring (bicyclic) bond motifs is 10. The zero-order chi connectivity index (χ0) is 30.1. The van der Waals surface area contributed by atoms with Gasteiger partial charge in [0.2, 0.25) is 0 Å². The lowest BCUT2D eigenvalue weighted by Crippen LogP contribution is -2.35. The summed E-state index contributed by atoms with van der Waals surface area (Å²) in [6, 6.07) is 26.6. The van der Waals surface area contributed by atoms with E-state index in [9.17, 15) is 10.2 Å². The minimum atomic E-state index is -0.114. The fourth-order valence-corrected chi connectivity index (χ4v) is 8.84. The third-order valence-electron chi connectivity index (χ3n) is 11.3. The first-order chi connectivity index (χ1) is 20.4. The summed E-state index contributed by atoms with van der Waals surface area (Å²) < 4.78 is 0. The van der Waals surface area contributed by atoms with Crippen molar-refractivity contribution in [3.05, 3.63) is 95.1 Å². The van der Waals surface area contributed by atoms with E-state index in [0.717, 1.165) is 51.4 Å². The molecule has 2 fully saturated rings. The van der Waals surface area contributed by atoms with Crippen LogP contribution in [0.1, 0.15) is 114 Å². The smallest absolute Gasteiger partial charge is 0.0600 e. The van der Waals surface area contributed by atoms with Gasteiger partial charge in [-0.2, -0.15) is 0 Å². The molecule has 0 unspecified atom stereocenters.